The third-order valence-electron chi connectivity index (χ3n) is 6.97. The standard InChI is InChI=1S/C27H26N2O7S/c1-26(2)27(3,32)23(35-24-19-7-5-6-8-20(19)25(31)29(4)28-24)21-15-18(13-14-22(21)36-26)37(33,34)17-11-9-16(30)10-12-17/h5-15,23,30,32H,1-4H3/t23-,27+/m1/s1. The first-order chi connectivity index (χ1) is 17.3. The van der Waals surface area contributed by atoms with Gasteiger partial charge < -0.3 is 19.7 Å². The lowest BCUT2D eigenvalue weighted by Crippen LogP contribution is -2.59. The predicted molar refractivity (Wildman–Crippen MR) is 136 cm³/mol. The van der Waals surface area contributed by atoms with E-state index in [1.54, 1.807) is 45.0 Å². The van der Waals surface area contributed by atoms with Gasteiger partial charge in [-0.2, -0.15) is 0 Å². The van der Waals surface area contributed by atoms with Crippen molar-refractivity contribution in [1.29, 1.82) is 0 Å². The number of hydrogen-bond donors (Lipinski definition) is 2. The second kappa shape index (κ2) is 8.32. The molecule has 1 aromatic heterocycles. The van der Waals surface area contributed by atoms with Crippen molar-refractivity contribution in [3.63, 3.8) is 0 Å². The number of phenolic OH excluding ortho intramolecular Hbond substituents is 1. The van der Waals surface area contributed by atoms with E-state index in [0.29, 0.717) is 22.1 Å². The van der Waals surface area contributed by atoms with Crippen LogP contribution in [0.2, 0.25) is 0 Å². The van der Waals surface area contributed by atoms with Crippen LogP contribution in [0.25, 0.3) is 10.8 Å². The molecule has 0 radical (unpaired) electrons. The molecule has 2 atom stereocenters. The lowest BCUT2D eigenvalue weighted by Gasteiger charge is -2.48. The molecule has 3 aromatic carbocycles. The molecule has 10 heteroatoms. The Morgan fingerprint density at radius 1 is 0.973 bits per heavy atom. The van der Waals surface area contributed by atoms with E-state index in [9.17, 15) is 23.4 Å². The molecular weight excluding hydrogens is 496 g/mol. The lowest BCUT2D eigenvalue weighted by atomic mass is 9.77. The van der Waals surface area contributed by atoms with Crippen LogP contribution in [0.3, 0.4) is 0 Å². The van der Waals surface area contributed by atoms with Gasteiger partial charge in [0, 0.05) is 12.6 Å². The van der Waals surface area contributed by atoms with Gasteiger partial charge in [-0.25, -0.2) is 13.1 Å². The Balaban J connectivity index is 1.69. The largest absolute Gasteiger partial charge is 0.508 e. The van der Waals surface area contributed by atoms with E-state index in [2.05, 4.69) is 5.10 Å². The topological polar surface area (TPSA) is 128 Å². The summed E-state index contributed by atoms with van der Waals surface area (Å²) >= 11 is 0. The van der Waals surface area contributed by atoms with Crippen LogP contribution in [0.1, 0.15) is 32.4 Å². The molecule has 0 saturated heterocycles. The maximum atomic E-state index is 13.4. The Hall–Kier alpha value is -3.89. The van der Waals surface area contributed by atoms with E-state index in [-0.39, 0.29) is 27.0 Å². The van der Waals surface area contributed by atoms with Gasteiger partial charge in [-0.15, -0.1) is 5.10 Å². The zero-order chi connectivity index (χ0) is 26.8. The minimum Gasteiger partial charge on any atom is -0.508 e. The molecule has 192 valence electrons. The lowest BCUT2D eigenvalue weighted by molar-refractivity contribution is -0.175. The normalized spacial score (nSPS) is 20.7. The Kier molecular flexibility index (Phi) is 5.58. The Bertz CT molecular complexity index is 1690. The van der Waals surface area contributed by atoms with Gasteiger partial charge in [0.2, 0.25) is 15.7 Å². The number of nitrogens with zero attached hydrogens (tertiary/aromatic N) is 2. The van der Waals surface area contributed by atoms with Gasteiger partial charge in [0.05, 0.1) is 20.6 Å². The van der Waals surface area contributed by atoms with E-state index < -0.39 is 27.1 Å². The number of benzene rings is 3. The number of aromatic nitrogens is 2. The zero-order valence-electron chi connectivity index (χ0n) is 20.7. The summed E-state index contributed by atoms with van der Waals surface area (Å²) < 4.78 is 40.3. The van der Waals surface area contributed by atoms with Crippen molar-refractivity contribution >= 4 is 20.6 Å². The predicted octanol–water partition coefficient (Wildman–Crippen LogP) is 3.51. The fourth-order valence-electron chi connectivity index (χ4n) is 4.39. The maximum Gasteiger partial charge on any atom is 0.274 e. The summed E-state index contributed by atoms with van der Waals surface area (Å²) in [5.41, 5.74) is -2.76. The third kappa shape index (κ3) is 3.93. The van der Waals surface area contributed by atoms with Gasteiger partial charge in [-0.05, 0) is 75.4 Å². The molecule has 0 unspecified atom stereocenters. The molecule has 1 aliphatic rings. The highest BCUT2D eigenvalue weighted by Gasteiger charge is 2.54. The molecule has 37 heavy (non-hydrogen) atoms. The summed E-state index contributed by atoms with van der Waals surface area (Å²) in [6.45, 7) is 4.96. The molecule has 9 nitrogen and oxygen atoms in total. The van der Waals surface area contributed by atoms with Crippen molar-refractivity contribution in [2.75, 3.05) is 0 Å². The maximum absolute atomic E-state index is 13.4. The molecule has 0 saturated carbocycles. The molecule has 1 aliphatic heterocycles. The third-order valence-corrected chi connectivity index (χ3v) is 8.74. The monoisotopic (exact) mass is 522 g/mol. The highest BCUT2D eigenvalue weighted by Crippen LogP contribution is 2.49. The number of aryl methyl sites for hydroxylation is 1. The Morgan fingerprint density at radius 2 is 1.59 bits per heavy atom. The molecule has 0 spiro atoms. The van der Waals surface area contributed by atoms with Crippen LogP contribution in [0.5, 0.6) is 17.4 Å². The van der Waals surface area contributed by atoms with Crippen LogP contribution in [-0.2, 0) is 16.9 Å². The average molecular weight is 523 g/mol. The van der Waals surface area contributed by atoms with Crippen molar-refractivity contribution < 1.29 is 28.1 Å². The molecule has 0 fully saturated rings. The molecule has 0 amide bonds. The first kappa shape index (κ1) is 24.8. The van der Waals surface area contributed by atoms with Crippen LogP contribution in [-0.4, -0.2) is 39.6 Å². The second-order valence-electron chi connectivity index (χ2n) is 9.73. The van der Waals surface area contributed by atoms with Gasteiger partial charge in [-0.1, -0.05) is 12.1 Å². The smallest absolute Gasteiger partial charge is 0.274 e. The van der Waals surface area contributed by atoms with Crippen molar-refractivity contribution in [3.8, 4) is 17.4 Å². The van der Waals surface area contributed by atoms with Gasteiger partial charge in [-0.3, -0.25) is 4.79 Å². The van der Waals surface area contributed by atoms with Crippen LogP contribution in [0.15, 0.2) is 81.3 Å². The highest BCUT2D eigenvalue weighted by molar-refractivity contribution is 7.91. The summed E-state index contributed by atoms with van der Waals surface area (Å²) in [7, 11) is -2.46. The number of fused-ring (bicyclic) bond motifs is 2. The fourth-order valence-corrected chi connectivity index (χ4v) is 5.69. The van der Waals surface area contributed by atoms with E-state index >= 15 is 0 Å². The summed E-state index contributed by atoms with van der Waals surface area (Å²) in [5.74, 6) is 0.403. The molecule has 5 rings (SSSR count). The van der Waals surface area contributed by atoms with Crippen LogP contribution < -0.4 is 15.0 Å². The number of ether oxygens (including phenoxy) is 2. The molecule has 0 bridgehead atoms. The SMILES string of the molecule is Cn1nc(O[C@@H]2c3cc(S(=O)(=O)c4ccc(O)cc4)ccc3OC(C)(C)[C@@]2(C)O)c2ccccc2c1=O. The fraction of sp³-hybridized carbons (Fsp3) is 0.259. The molecule has 2 heterocycles. The summed E-state index contributed by atoms with van der Waals surface area (Å²) in [5, 5.41) is 26.4. The Morgan fingerprint density at radius 3 is 2.27 bits per heavy atom. The van der Waals surface area contributed by atoms with Gasteiger partial charge in [0.1, 0.15) is 22.7 Å². The summed E-state index contributed by atoms with van der Waals surface area (Å²) in [6, 6.07) is 16.4. The summed E-state index contributed by atoms with van der Waals surface area (Å²) in [6.07, 6.45) is -1.10. The first-order valence-corrected chi connectivity index (χ1v) is 13.0. The van der Waals surface area contributed by atoms with Crippen molar-refractivity contribution in [3.05, 3.63) is 82.6 Å². The van der Waals surface area contributed by atoms with E-state index in [1.807, 2.05) is 0 Å². The number of aromatic hydroxyl groups is 1. The highest BCUT2D eigenvalue weighted by atomic mass is 32.2. The minimum absolute atomic E-state index is 0.00254. The first-order valence-electron chi connectivity index (χ1n) is 11.5. The van der Waals surface area contributed by atoms with E-state index in [0.717, 1.165) is 4.68 Å². The van der Waals surface area contributed by atoms with E-state index in [4.69, 9.17) is 9.47 Å². The van der Waals surface area contributed by atoms with Crippen molar-refractivity contribution in [2.45, 2.75) is 47.9 Å². The van der Waals surface area contributed by atoms with Gasteiger partial charge >= 0.3 is 0 Å². The average Bonchev–Trinajstić information content (AvgIpc) is 2.85. The van der Waals surface area contributed by atoms with Crippen LogP contribution in [0.4, 0.5) is 0 Å². The Labute approximate surface area is 213 Å². The molecule has 2 N–H and O–H groups in total. The molecule has 4 aromatic rings. The van der Waals surface area contributed by atoms with Crippen LogP contribution in [0, 0.1) is 0 Å². The number of hydrogen-bond acceptors (Lipinski definition) is 8. The minimum atomic E-state index is -3.96. The number of rotatable bonds is 4. The van der Waals surface area contributed by atoms with E-state index in [1.165, 1.54) is 49.5 Å². The van der Waals surface area contributed by atoms with Gasteiger partial charge in [0.15, 0.2) is 6.10 Å². The number of phenols is 1. The molecular formula is C27H26N2O7S. The van der Waals surface area contributed by atoms with Gasteiger partial charge in [0.25, 0.3) is 5.56 Å². The number of aliphatic hydroxyl groups is 1. The second-order valence-corrected chi connectivity index (χ2v) is 11.7. The van der Waals surface area contributed by atoms with Crippen molar-refractivity contribution in [2.24, 2.45) is 7.05 Å². The quantitative estimate of drug-likeness (QED) is 0.417. The summed E-state index contributed by atoms with van der Waals surface area (Å²) in [4.78, 5) is 12.6. The van der Waals surface area contributed by atoms with Crippen molar-refractivity contribution in [1.82, 2.24) is 9.78 Å². The number of sulfone groups is 1. The molecule has 0 aliphatic carbocycles. The van der Waals surface area contributed by atoms with Crippen LogP contribution >= 0.6 is 0 Å². The zero-order valence-corrected chi connectivity index (χ0v) is 21.5.